The molecule has 1 saturated heterocycles. The minimum atomic E-state index is -0.308. The van der Waals surface area contributed by atoms with E-state index in [-0.39, 0.29) is 11.9 Å². The Morgan fingerprint density at radius 1 is 1.08 bits per heavy atom. The number of fused-ring (bicyclic) bond motifs is 1. The Kier molecular flexibility index (Phi) is 7.16. The first-order valence-corrected chi connectivity index (χ1v) is 12.7. The second kappa shape index (κ2) is 10.6. The quantitative estimate of drug-likeness (QED) is 0.487. The van der Waals surface area contributed by atoms with Crippen molar-refractivity contribution in [1.29, 1.82) is 0 Å². The van der Waals surface area contributed by atoms with Crippen molar-refractivity contribution < 1.29 is 9.53 Å². The summed E-state index contributed by atoms with van der Waals surface area (Å²) in [5, 5.41) is 3.15. The van der Waals surface area contributed by atoms with Crippen LogP contribution in [0.3, 0.4) is 0 Å². The minimum Gasteiger partial charge on any atom is -0.497 e. The Bertz CT molecular complexity index is 1290. The normalized spacial score (nSPS) is 15.9. The SMILES string of the molecule is COc1cccc(C(CN)NC(=O)c2cc(CN3CCCC3)cc(-c3ccc4c(c3)C(C)=NC4)c2)c1. The Balaban J connectivity index is 1.47. The number of hydrogen-bond donors (Lipinski definition) is 2. The lowest BCUT2D eigenvalue weighted by Gasteiger charge is -2.20. The molecular formula is C30H34N4O2. The van der Waals surface area contributed by atoms with Gasteiger partial charge in [0.1, 0.15) is 5.75 Å². The van der Waals surface area contributed by atoms with Crippen LogP contribution < -0.4 is 15.8 Å². The maximum absolute atomic E-state index is 13.5. The van der Waals surface area contributed by atoms with E-state index in [4.69, 9.17) is 10.5 Å². The van der Waals surface area contributed by atoms with E-state index in [1.807, 2.05) is 36.4 Å². The van der Waals surface area contributed by atoms with Crippen molar-refractivity contribution in [3.05, 3.63) is 88.5 Å². The third-order valence-electron chi connectivity index (χ3n) is 7.22. The second-order valence-corrected chi connectivity index (χ2v) is 9.71. The Labute approximate surface area is 213 Å². The molecule has 1 atom stereocenters. The molecule has 36 heavy (non-hydrogen) atoms. The summed E-state index contributed by atoms with van der Waals surface area (Å²) in [6.07, 6.45) is 2.46. The summed E-state index contributed by atoms with van der Waals surface area (Å²) in [5.74, 6) is 0.613. The average molecular weight is 483 g/mol. The van der Waals surface area contributed by atoms with Crippen LogP contribution >= 0.6 is 0 Å². The van der Waals surface area contributed by atoms with Gasteiger partial charge in [0.15, 0.2) is 0 Å². The van der Waals surface area contributed by atoms with Gasteiger partial charge in [0.2, 0.25) is 0 Å². The monoisotopic (exact) mass is 482 g/mol. The number of likely N-dealkylation sites (tertiary alicyclic amines) is 1. The summed E-state index contributed by atoms with van der Waals surface area (Å²) < 4.78 is 5.36. The lowest BCUT2D eigenvalue weighted by atomic mass is 9.95. The number of nitrogens with one attached hydrogen (secondary N) is 1. The van der Waals surface area contributed by atoms with E-state index in [0.717, 1.165) is 59.9 Å². The first-order valence-electron chi connectivity index (χ1n) is 12.7. The number of benzene rings is 3. The maximum atomic E-state index is 13.5. The van der Waals surface area contributed by atoms with Gasteiger partial charge < -0.3 is 15.8 Å². The number of methoxy groups -OCH3 is 1. The van der Waals surface area contributed by atoms with Gasteiger partial charge >= 0.3 is 0 Å². The molecule has 3 aromatic rings. The van der Waals surface area contributed by atoms with Crippen LogP contribution in [0.4, 0.5) is 0 Å². The maximum Gasteiger partial charge on any atom is 0.251 e. The topological polar surface area (TPSA) is 79.9 Å². The molecule has 0 saturated carbocycles. The summed E-state index contributed by atoms with van der Waals surface area (Å²) in [6.45, 7) is 6.15. The number of aliphatic imine (C=N–C) groups is 1. The molecular weight excluding hydrogens is 448 g/mol. The van der Waals surface area contributed by atoms with E-state index >= 15 is 0 Å². The van der Waals surface area contributed by atoms with Gasteiger partial charge in [-0.15, -0.1) is 0 Å². The fraction of sp³-hybridized carbons (Fsp3) is 0.333. The molecule has 3 aromatic carbocycles. The van der Waals surface area contributed by atoms with Gasteiger partial charge in [-0.25, -0.2) is 0 Å². The van der Waals surface area contributed by atoms with Crippen LogP contribution in [0, 0.1) is 0 Å². The number of nitrogens with two attached hydrogens (primary N) is 1. The highest BCUT2D eigenvalue weighted by atomic mass is 16.5. The number of amides is 1. The fourth-order valence-electron chi connectivity index (χ4n) is 5.18. The van der Waals surface area contributed by atoms with E-state index in [0.29, 0.717) is 12.1 Å². The molecule has 0 radical (unpaired) electrons. The van der Waals surface area contributed by atoms with E-state index in [1.54, 1.807) is 7.11 Å². The summed E-state index contributed by atoms with van der Waals surface area (Å²) in [7, 11) is 1.63. The Morgan fingerprint density at radius 3 is 2.69 bits per heavy atom. The molecule has 1 fully saturated rings. The molecule has 5 rings (SSSR count). The number of rotatable bonds is 8. The first kappa shape index (κ1) is 24.2. The molecule has 2 aliphatic rings. The van der Waals surface area contributed by atoms with Crippen molar-refractivity contribution in [3.8, 4) is 16.9 Å². The third-order valence-corrected chi connectivity index (χ3v) is 7.22. The summed E-state index contributed by atoms with van der Waals surface area (Å²) in [4.78, 5) is 20.6. The predicted octanol–water partition coefficient (Wildman–Crippen LogP) is 4.71. The molecule has 0 spiro atoms. The van der Waals surface area contributed by atoms with Crippen LogP contribution in [0.2, 0.25) is 0 Å². The van der Waals surface area contributed by atoms with E-state index in [9.17, 15) is 4.79 Å². The third kappa shape index (κ3) is 5.20. The van der Waals surface area contributed by atoms with Gasteiger partial charge in [0, 0.05) is 29.9 Å². The number of carbonyl (C=O) groups is 1. The average Bonchev–Trinajstić information content (AvgIpc) is 3.56. The van der Waals surface area contributed by atoms with Gasteiger partial charge in [-0.1, -0.05) is 24.3 Å². The van der Waals surface area contributed by atoms with Crippen LogP contribution in [0.15, 0.2) is 65.7 Å². The molecule has 2 aliphatic heterocycles. The van der Waals surface area contributed by atoms with E-state index in [2.05, 4.69) is 46.4 Å². The standard InChI is InChI=1S/C30H34N4O2/c1-20-28-16-22(8-9-24(28)18-32-20)25-12-21(19-34-10-3-4-11-34)13-26(14-25)30(35)33-29(17-31)23-6-5-7-27(15-23)36-2/h5-9,12-16,29H,3-4,10-11,17-19,31H2,1-2H3,(H,33,35). The van der Waals surface area contributed by atoms with E-state index < -0.39 is 0 Å². The number of nitrogens with zero attached hydrogens (tertiary/aromatic N) is 2. The van der Waals surface area contributed by atoms with Crippen molar-refractivity contribution in [2.24, 2.45) is 10.7 Å². The largest absolute Gasteiger partial charge is 0.497 e. The van der Waals surface area contributed by atoms with Crippen LogP contribution in [0.25, 0.3) is 11.1 Å². The van der Waals surface area contributed by atoms with Crippen molar-refractivity contribution in [1.82, 2.24) is 10.2 Å². The van der Waals surface area contributed by atoms with Gasteiger partial charge in [0.25, 0.3) is 5.91 Å². The van der Waals surface area contributed by atoms with Gasteiger partial charge in [0.05, 0.1) is 19.7 Å². The molecule has 2 heterocycles. The highest BCUT2D eigenvalue weighted by Gasteiger charge is 2.19. The number of ether oxygens (including phenoxy) is 1. The van der Waals surface area contributed by atoms with Crippen LogP contribution in [-0.4, -0.2) is 43.3 Å². The zero-order valence-corrected chi connectivity index (χ0v) is 21.1. The Hall–Kier alpha value is -3.48. The van der Waals surface area contributed by atoms with E-state index in [1.165, 1.54) is 24.0 Å². The number of carbonyl (C=O) groups excluding carboxylic acids is 1. The molecule has 6 nitrogen and oxygen atoms in total. The van der Waals surface area contributed by atoms with Crippen LogP contribution in [0.5, 0.6) is 5.75 Å². The molecule has 0 aliphatic carbocycles. The molecule has 3 N–H and O–H groups in total. The van der Waals surface area contributed by atoms with Crippen molar-refractivity contribution in [3.63, 3.8) is 0 Å². The highest BCUT2D eigenvalue weighted by Crippen LogP contribution is 2.29. The molecule has 1 amide bonds. The zero-order chi connectivity index (χ0) is 25.1. The highest BCUT2D eigenvalue weighted by molar-refractivity contribution is 6.03. The van der Waals surface area contributed by atoms with Crippen molar-refractivity contribution >= 4 is 11.6 Å². The molecule has 0 aromatic heterocycles. The van der Waals surface area contributed by atoms with Gasteiger partial charge in [-0.05, 0) is 97.1 Å². The minimum absolute atomic E-state index is 0.128. The van der Waals surface area contributed by atoms with Crippen molar-refractivity contribution in [2.45, 2.75) is 38.9 Å². The summed E-state index contributed by atoms with van der Waals surface area (Å²) in [5.41, 5.74) is 14.5. The van der Waals surface area contributed by atoms with Crippen LogP contribution in [-0.2, 0) is 13.1 Å². The zero-order valence-electron chi connectivity index (χ0n) is 21.1. The molecule has 6 heteroatoms. The first-order chi connectivity index (χ1) is 17.5. The molecule has 186 valence electrons. The van der Waals surface area contributed by atoms with Gasteiger partial charge in [-0.2, -0.15) is 0 Å². The molecule has 0 bridgehead atoms. The summed E-state index contributed by atoms with van der Waals surface area (Å²) >= 11 is 0. The molecule has 1 unspecified atom stereocenters. The van der Waals surface area contributed by atoms with Crippen LogP contribution in [0.1, 0.15) is 58.4 Å². The smallest absolute Gasteiger partial charge is 0.251 e. The summed E-state index contributed by atoms with van der Waals surface area (Å²) in [6, 6.07) is 20.1. The second-order valence-electron chi connectivity index (χ2n) is 9.71. The van der Waals surface area contributed by atoms with Gasteiger partial charge in [-0.3, -0.25) is 14.7 Å². The predicted molar refractivity (Wildman–Crippen MR) is 145 cm³/mol. The van der Waals surface area contributed by atoms with Crippen molar-refractivity contribution in [2.75, 3.05) is 26.7 Å². The Morgan fingerprint density at radius 2 is 1.92 bits per heavy atom. The lowest BCUT2D eigenvalue weighted by Crippen LogP contribution is -2.33. The lowest BCUT2D eigenvalue weighted by molar-refractivity contribution is 0.0937. The fourth-order valence-corrected chi connectivity index (χ4v) is 5.18. The number of hydrogen-bond acceptors (Lipinski definition) is 5.